The highest BCUT2D eigenvalue weighted by atomic mass is 15.1. The summed E-state index contributed by atoms with van der Waals surface area (Å²) in [4.78, 5) is 2.39. The third kappa shape index (κ3) is 6.82. The van der Waals surface area contributed by atoms with Gasteiger partial charge >= 0.3 is 0 Å². The molecule has 0 saturated heterocycles. The second kappa shape index (κ2) is 16.5. The zero-order chi connectivity index (χ0) is 45.0. The van der Waals surface area contributed by atoms with E-state index in [1.165, 1.54) is 93.1 Å². The Bertz CT molecular complexity index is 4000. The summed E-state index contributed by atoms with van der Waals surface area (Å²) in [6.07, 6.45) is 0. The Balaban J connectivity index is 0.950. The molecule has 0 spiro atoms. The van der Waals surface area contributed by atoms with Crippen molar-refractivity contribution >= 4 is 71.2 Å². The average Bonchev–Trinajstić information content (AvgIpc) is 3.76. The van der Waals surface area contributed by atoms with E-state index in [0.29, 0.717) is 0 Å². The number of benzene rings is 12. The monoisotopic (exact) mass is 864 g/mol. The Morgan fingerprint density at radius 3 is 1.56 bits per heavy atom. The highest BCUT2D eigenvalue weighted by Crippen LogP contribution is 2.44. The van der Waals surface area contributed by atoms with Crippen LogP contribution in [0.15, 0.2) is 267 Å². The molecule has 2 heteroatoms. The Morgan fingerprint density at radius 2 is 0.794 bits per heavy atom. The standard InChI is InChI=1S/C66H44N2/c1-3-15-48(16-4-1)62-25-12-26-63-65-61(24-13-27-64(65)68(66(62)63)55-20-5-2-6-21-55)53-19-11-22-58(44-53)67(56-37-32-46(33-38-56)51-30-28-45-14-7-8-18-50(45)42-51)57-39-34-47(35-40-57)52-36-41-60-54(43-52)31-29-49-17-9-10-23-59(49)60/h1-44H. The van der Waals surface area contributed by atoms with E-state index in [9.17, 15) is 0 Å². The van der Waals surface area contributed by atoms with E-state index in [1.54, 1.807) is 0 Å². The van der Waals surface area contributed by atoms with Crippen LogP contribution in [0.3, 0.4) is 0 Å². The lowest BCUT2D eigenvalue weighted by molar-refractivity contribution is 1.18. The van der Waals surface area contributed by atoms with Crippen LogP contribution in [0.25, 0.3) is 104 Å². The first-order valence-electron chi connectivity index (χ1n) is 23.4. The number of rotatable bonds is 8. The number of fused-ring (bicyclic) bond motifs is 7. The maximum absolute atomic E-state index is 2.45. The van der Waals surface area contributed by atoms with Crippen LogP contribution < -0.4 is 4.90 Å². The van der Waals surface area contributed by atoms with Crippen LogP contribution in [-0.2, 0) is 0 Å². The second-order valence-electron chi connectivity index (χ2n) is 17.7. The van der Waals surface area contributed by atoms with Gasteiger partial charge in [-0.05, 0) is 138 Å². The SMILES string of the molecule is c1ccc(-c2cccc3c4c(-c5cccc(N(c6ccc(-c7ccc8ccccc8c7)cc6)c6ccc(-c7ccc8c(ccc9ccccc98)c7)cc6)c5)cccc4n(-c4ccccc4)c23)cc1. The van der Waals surface area contributed by atoms with Gasteiger partial charge in [0.25, 0.3) is 0 Å². The summed E-state index contributed by atoms with van der Waals surface area (Å²) in [5.41, 5.74) is 16.3. The van der Waals surface area contributed by atoms with Gasteiger partial charge in [-0.1, -0.05) is 200 Å². The highest BCUT2D eigenvalue weighted by molar-refractivity contribution is 6.19. The fourth-order valence-electron chi connectivity index (χ4n) is 10.5. The van der Waals surface area contributed by atoms with Crippen molar-refractivity contribution in [1.29, 1.82) is 0 Å². The van der Waals surface area contributed by atoms with Crippen LogP contribution in [0.4, 0.5) is 17.1 Å². The van der Waals surface area contributed by atoms with Crippen molar-refractivity contribution < 1.29 is 0 Å². The zero-order valence-corrected chi connectivity index (χ0v) is 37.3. The Morgan fingerprint density at radius 1 is 0.265 bits per heavy atom. The molecule has 0 saturated carbocycles. The average molecular weight is 865 g/mol. The molecular weight excluding hydrogens is 821 g/mol. The van der Waals surface area contributed by atoms with Crippen LogP contribution in [0.5, 0.6) is 0 Å². The molecule has 0 aliphatic carbocycles. The summed E-state index contributed by atoms with van der Waals surface area (Å²) in [5.74, 6) is 0. The van der Waals surface area contributed by atoms with E-state index >= 15 is 0 Å². The highest BCUT2D eigenvalue weighted by Gasteiger charge is 2.21. The van der Waals surface area contributed by atoms with Crippen LogP contribution in [0.1, 0.15) is 0 Å². The molecule has 13 rings (SSSR count). The van der Waals surface area contributed by atoms with Gasteiger partial charge in [-0.25, -0.2) is 0 Å². The second-order valence-corrected chi connectivity index (χ2v) is 17.7. The molecule has 0 N–H and O–H groups in total. The normalized spacial score (nSPS) is 11.5. The Labute approximate surface area is 395 Å². The molecule has 68 heavy (non-hydrogen) atoms. The van der Waals surface area contributed by atoms with Crippen molar-refractivity contribution in [2.24, 2.45) is 0 Å². The molecule has 0 fully saturated rings. The molecule has 12 aromatic carbocycles. The van der Waals surface area contributed by atoms with E-state index in [1.807, 2.05) is 0 Å². The lowest BCUT2D eigenvalue weighted by Crippen LogP contribution is -2.10. The van der Waals surface area contributed by atoms with E-state index in [-0.39, 0.29) is 0 Å². The molecule has 1 heterocycles. The lowest BCUT2D eigenvalue weighted by atomic mass is 9.96. The predicted molar refractivity (Wildman–Crippen MR) is 290 cm³/mol. The minimum absolute atomic E-state index is 1.08. The molecule has 0 atom stereocenters. The summed E-state index contributed by atoms with van der Waals surface area (Å²) >= 11 is 0. The molecular formula is C66H44N2. The molecule has 2 nitrogen and oxygen atoms in total. The minimum Gasteiger partial charge on any atom is -0.310 e. The van der Waals surface area contributed by atoms with Gasteiger partial charge in [0, 0.05) is 39.1 Å². The van der Waals surface area contributed by atoms with Crippen molar-refractivity contribution in [3.63, 3.8) is 0 Å². The van der Waals surface area contributed by atoms with Gasteiger partial charge in [-0.3, -0.25) is 0 Å². The Hall–Kier alpha value is -8.98. The third-order valence-corrected chi connectivity index (χ3v) is 13.7. The van der Waals surface area contributed by atoms with E-state index in [2.05, 4.69) is 276 Å². The molecule has 0 aliphatic heterocycles. The van der Waals surface area contributed by atoms with Crippen molar-refractivity contribution in [1.82, 2.24) is 4.57 Å². The third-order valence-electron chi connectivity index (χ3n) is 13.7. The van der Waals surface area contributed by atoms with Crippen molar-refractivity contribution in [2.45, 2.75) is 0 Å². The van der Waals surface area contributed by atoms with Crippen molar-refractivity contribution in [3.8, 4) is 50.2 Å². The number of anilines is 3. The van der Waals surface area contributed by atoms with Gasteiger partial charge in [0.15, 0.2) is 0 Å². The predicted octanol–water partition coefficient (Wildman–Crippen LogP) is 18.4. The first-order valence-corrected chi connectivity index (χ1v) is 23.4. The fourth-order valence-corrected chi connectivity index (χ4v) is 10.5. The Kier molecular flexibility index (Phi) is 9.54. The minimum atomic E-state index is 1.08. The number of hydrogen-bond donors (Lipinski definition) is 0. The van der Waals surface area contributed by atoms with Gasteiger partial charge < -0.3 is 9.47 Å². The first kappa shape index (κ1) is 39.4. The lowest BCUT2D eigenvalue weighted by Gasteiger charge is -2.26. The van der Waals surface area contributed by atoms with Crippen molar-refractivity contribution in [2.75, 3.05) is 4.90 Å². The van der Waals surface area contributed by atoms with E-state index < -0.39 is 0 Å². The maximum Gasteiger partial charge on any atom is 0.0619 e. The molecule has 318 valence electrons. The molecule has 0 amide bonds. The molecule has 1 aromatic heterocycles. The van der Waals surface area contributed by atoms with Gasteiger partial charge in [0.05, 0.1) is 11.0 Å². The largest absolute Gasteiger partial charge is 0.310 e. The van der Waals surface area contributed by atoms with Gasteiger partial charge in [-0.15, -0.1) is 0 Å². The van der Waals surface area contributed by atoms with Crippen LogP contribution in [0, 0.1) is 0 Å². The van der Waals surface area contributed by atoms with Crippen LogP contribution in [0.2, 0.25) is 0 Å². The smallest absolute Gasteiger partial charge is 0.0619 e. The summed E-state index contributed by atoms with van der Waals surface area (Å²) in [6, 6.07) is 97.5. The van der Waals surface area contributed by atoms with E-state index in [0.717, 1.165) is 28.3 Å². The van der Waals surface area contributed by atoms with Gasteiger partial charge in [0.1, 0.15) is 0 Å². The molecule has 0 unspecified atom stereocenters. The molecule has 0 radical (unpaired) electrons. The maximum atomic E-state index is 2.45. The van der Waals surface area contributed by atoms with Crippen molar-refractivity contribution in [3.05, 3.63) is 267 Å². The summed E-state index contributed by atoms with van der Waals surface area (Å²) in [5, 5.41) is 10.0. The molecule has 0 bridgehead atoms. The number of hydrogen-bond acceptors (Lipinski definition) is 1. The number of nitrogens with zero attached hydrogens (tertiary/aromatic N) is 2. The van der Waals surface area contributed by atoms with Crippen LogP contribution in [-0.4, -0.2) is 4.57 Å². The summed E-state index contributed by atoms with van der Waals surface area (Å²) < 4.78 is 2.45. The molecule has 13 aromatic rings. The topological polar surface area (TPSA) is 8.17 Å². The van der Waals surface area contributed by atoms with Gasteiger partial charge in [0.2, 0.25) is 0 Å². The summed E-state index contributed by atoms with van der Waals surface area (Å²) in [6.45, 7) is 0. The summed E-state index contributed by atoms with van der Waals surface area (Å²) in [7, 11) is 0. The molecule has 0 aliphatic rings. The first-order chi connectivity index (χ1) is 33.7. The van der Waals surface area contributed by atoms with Gasteiger partial charge in [-0.2, -0.15) is 0 Å². The quantitative estimate of drug-likeness (QED) is 0.138. The van der Waals surface area contributed by atoms with Crippen LogP contribution >= 0.6 is 0 Å². The zero-order valence-electron chi connectivity index (χ0n) is 37.3. The fraction of sp³-hybridized carbons (Fsp3) is 0. The number of aromatic nitrogens is 1. The van der Waals surface area contributed by atoms with E-state index in [4.69, 9.17) is 0 Å². The number of para-hydroxylation sites is 2.